The zero-order valence-electron chi connectivity index (χ0n) is 10.6. The van der Waals surface area contributed by atoms with Crippen molar-refractivity contribution >= 4 is 11.8 Å². The van der Waals surface area contributed by atoms with Crippen LogP contribution in [0.4, 0.5) is 5.82 Å². The molecular weight excluding hydrogens is 244 g/mol. The van der Waals surface area contributed by atoms with Gasteiger partial charge in [-0.05, 0) is 42.3 Å². The summed E-state index contributed by atoms with van der Waals surface area (Å²) in [6, 6.07) is 8.95. The number of aromatic nitrogens is 1. The van der Waals surface area contributed by atoms with Gasteiger partial charge in [-0.1, -0.05) is 6.92 Å². The third-order valence-electron chi connectivity index (χ3n) is 2.72. The Hall–Kier alpha value is -2.43. The SMILES string of the molecule is CCCOc1ccc(-c2cc(C(=O)O)c(N)[nH]2)cc1. The molecule has 2 aromatic rings. The average molecular weight is 260 g/mol. The zero-order chi connectivity index (χ0) is 13.8. The fourth-order valence-corrected chi connectivity index (χ4v) is 1.75. The number of aromatic carboxylic acids is 1. The minimum atomic E-state index is -1.04. The van der Waals surface area contributed by atoms with Crippen molar-refractivity contribution < 1.29 is 14.6 Å². The first-order valence-corrected chi connectivity index (χ1v) is 6.07. The molecule has 1 aromatic heterocycles. The lowest BCUT2D eigenvalue weighted by atomic mass is 10.1. The first kappa shape index (κ1) is 13.0. The van der Waals surface area contributed by atoms with E-state index in [0.29, 0.717) is 12.3 Å². The van der Waals surface area contributed by atoms with Crippen LogP contribution in [0, 0.1) is 0 Å². The van der Waals surface area contributed by atoms with Gasteiger partial charge >= 0.3 is 5.97 Å². The van der Waals surface area contributed by atoms with Gasteiger partial charge in [0.05, 0.1) is 6.61 Å². The van der Waals surface area contributed by atoms with Crippen LogP contribution in [0.25, 0.3) is 11.3 Å². The highest BCUT2D eigenvalue weighted by molar-refractivity contribution is 5.94. The molecule has 0 saturated heterocycles. The lowest BCUT2D eigenvalue weighted by Crippen LogP contribution is -1.98. The van der Waals surface area contributed by atoms with Gasteiger partial charge in [-0.3, -0.25) is 0 Å². The number of aromatic amines is 1. The van der Waals surface area contributed by atoms with E-state index in [1.807, 2.05) is 31.2 Å². The summed E-state index contributed by atoms with van der Waals surface area (Å²) in [7, 11) is 0. The number of carboxylic acids is 1. The van der Waals surface area contributed by atoms with Crippen molar-refractivity contribution in [3.05, 3.63) is 35.9 Å². The van der Waals surface area contributed by atoms with Crippen LogP contribution in [-0.4, -0.2) is 22.7 Å². The second kappa shape index (κ2) is 5.48. The van der Waals surface area contributed by atoms with Gasteiger partial charge in [-0.2, -0.15) is 0 Å². The van der Waals surface area contributed by atoms with Gasteiger partial charge < -0.3 is 20.6 Å². The van der Waals surface area contributed by atoms with Crippen LogP contribution in [0.5, 0.6) is 5.75 Å². The van der Waals surface area contributed by atoms with E-state index < -0.39 is 5.97 Å². The number of benzene rings is 1. The van der Waals surface area contributed by atoms with Crippen molar-refractivity contribution in [2.75, 3.05) is 12.3 Å². The molecule has 0 saturated carbocycles. The number of carbonyl (C=O) groups is 1. The first-order valence-electron chi connectivity index (χ1n) is 6.07. The number of hydrogen-bond acceptors (Lipinski definition) is 3. The Morgan fingerprint density at radius 2 is 2.05 bits per heavy atom. The van der Waals surface area contributed by atoms with Crippen LogP contribution < -0.4 is 10.5 Å². The Morgan fingerprint density at radius 1 is 1.37 bits per heavy atom. The molecule has 0 aliphatic carbocycles. The van der Waals surface area contributed by atoms with Crippen molar-refractivity contribution in [3.8, 4) is 17.0 Å². The molecule has 5 nitrogen and oxygen atoms in total. The topological polar surface area (TPSA) is 88.3 Å². The largest absolute Gasteiger partial charge is 0.494 e. The molecule has 2 rings (SSSR count). The molecule has 0 amide bonds. The maximum Gasteiger partial charge on any atom is 0.339 e. The Labute approximate surface area is 111 Å². The zero-order valence-corrected chi connectivity index (χ0v) is 10.6. The molecule has 0 fully saturated rings. The lowest BCUT2D eigenvalue weighted by Gasteiger charge is -2.05. The van der Waals surface area contributed by atoms with E-state index in [4.69, 9.17) is 15.6 Å². The van der Waals surface area contributed by atoms with E-state index in [1.54, 1.807) is 0 Å². The number of hydrogen-bond donors (Lipinski definition) is 3. The Morgan fingerprint density at radius 3 is 2.58 bits per heavy atom. The maximum absolute atomic E-state index is 10.9. The fourth-order valence-electron chi connectivity index (χ4n) is 1.75. The quantitative estimate of drug-likeness (QED) is 0.771. The highest BCUT2D eigenvalue weighted by atomic mass is 16.5. The molecular formula is C14H16N2O3. The molecule has 0 radical (unpaired) electrons. The van der Waals surface area contributed by atoms with Crippen LogP contribution in [0.2, 0.25) is 0 Å². The van der Waals surface area contributed by atoms with E-state index in [0.717, 1.165) is 17.7 Å². The number of anilines is 1. The molecule has 0 bridgehead atoms. The second-order valence-corrected chi connectivity index (χ2v) is 4.19. The second-order valence-electron chi connectivity index (χ2n) is 4.19. The Kier molecular flexibility index (Phi) is 3.75. The van der Waals surface area contributed by atoms with Gasteiger partial charge in [-0.15, -0.1) is 0 Å². The molecule has 0 aliphatic rings. The van der Waals surface area contributed by atoms with Gasteiger partial charge in [0.25, 0.3) is 0 Å². The van der Waals surface area contributed by atoms with E-state index >= 15 is 0 Å². The molecule has 4 N–H and O–H groups in total. The van der Waals surface area contributed by atoms with Gasteiger partial charge in [0, 0.05) is 5.69 Å². The number of rotatable bonds is 5. The normalized spacial score (nSPS) is 10.4. The summed E-state index contributed by atoms with van der Waals surface area (Å²) in [4.78, 5) is 13.8. The maximum atomic E-state index is 10.9. The first-order chi connectivity index (χ1) is 9.11. The monoisotopic (exact) mass is 260 g/mol. The number of H-pyrrole nitrogens is 1. The minimum Gasteiger partial charge on any atom is -0.494 e. The predicted molar refractivity (Wildman–Crippen MR) is 73.4 cm³/mol. The molecule has 1 heterocycles. The summed E-state index contributed by atoms with van der Waals surface area (Å²) >= 11 is 0. The van der Waals surface area contributed by atoms with E-state index in [2.05, 4.69) is 4.98 Å². The number of nitrogens with one attached hydrogen (secondary N) is 1. The van der Waals surface area contributed by atoms with Crippen molar-refractivity contribution in [2.45, 2.75) is 13.3 Å². The minimum absolute atomic E-state index is 0.0845. The highest BCUT2D eigenvalue weighted by Crippen LogP contribution is 2.25. The third kappa shape index (κ3) is 2.88. The fraction of sp³-hybridized carbons (Fsp3) is 0.214. The van der Waals surface area contributed by atoms with Crippen LogP contribution in [0.1, 0.15) is 23.7 Å². The molecule has 1 aromatic carbocycles. The summed E-state index contributed by atoms with van der Waals surface area (Å²) in [6.45, 7) is 2.72. The number of ether oxygens (including phenoxy) is 1. The van der Waals surface area contributed by atoms with E-state index in [1.165, 1.54) is 6.07 Å². The molecule has 0 unspecified atom stereocenters. The summed E-state index contributed by atoms with van der Waals surface area (Å²) in [5, 5.41) is 8.95. The Balaban J connectivity index is 2.22. The van der Waals surface area contributed by atoms with Crippen molar-refractivity contribution in [3.63, 3.8) is 0 Å². The summed E-state index contributed by atoms with van der Waals surface area (Å²) < 4.78 is 5.48. The van der Waals surface area contributed by atoms with Crippen molar-refractivity contribution in [1.29, 1.82) is 0 Å². The smallest absolute Gasteiger partial charge is 0.339 e. The predicted octanol–water partition coefficient (Wildman–Crippen LogP) is 2.75. The molecule has 0 spiro atoms. The standard InChI is InChI=1S/C14H16N2O3/c1-2-7-19-10-5-3-9(4-6-10)12-8-11(14(17)18)13(15)16-12/h3-6,8,16H,2,7,15H2,1H3,(H,17,18). The molecule has 100 valence electrons. The van der Waals surface area contributed by atoms with Gasteiger partial charge in [0.2, 0.25) is 0 Å². The number of nitrogens with two attached hydrogens (primary N) is 1. The number of carboxylic acid groups (broad SMARTS) is 1. The van der Waals surface area contributed by atoms with Gasteiger partial charge in [0.15, 0.2) is 0 Å². The van der Waals surface area contributed by atoms with Gasteiger partial charge in [-0.25, -0.2) is 4.79 Å². The van der Waals surface area contributed by atoms with Crippen molar-refractivity contribution in [1.82, 2.24) is 4.98 Å². The van der Waals surface area contributed by atoms with Crippen LogP contribution in [-0.2, 0) is 0 Å². The summed E-state index contributed by atoms with van der Waals surface area (Å²) in [5.74, 6) is -0.0831. The van der Waals surface area contributed by atoms with Crippen molar-refractivity contribution in [2.24, 2.45) is 0 Å². The summed E-state index contributed by atoms with van der Waals surface area (Å²) in [5.41, 5.74) is 7.24. The van der Waals surface area contributed by atoms with Crippen LogP contribution >= 0.6 is 0 Å². The highest BCUT2D eigenvalue weighted by Gasteiger charge is 2.12. The van der Waals surface area contributed by atoms with Crippen LogP contribution in [0.3, 0.4) is 0 Å². The molecule has 0 aliphatic heterocycles. The van der Waals surface area contributed by atoms with E-state index in [9.17, 15) is 4.79 Å². The van der Waals surface area contributed by atoms with Crippen LogP contribution in [0.15, 0.2) is 30.3 Å². The van der Waals surface area contributed by atoms with E-state index in [-0.39, 0.29) is 11.4 Å². The average Bonchev–Trinajstić information content (AvgIpc) is 2.79. The third-order valence-corrected chi connectivity index (χ3v) is 2.72. The molecule has 0 atom stereocenters. The molecule has 19 heavy (non-hydrogen) atoms. The molecule has 5 heteroatoms. The Bertz CT molecular complexity index is 573. The van der Waals surface area contributed by atoms with Gasteiger partial charge in [0.1, 0.15) is 17.1 Å². The number of nitrogen functional groups attached to an aromatic ring is 1. The lowest BCUT2D eigenvalue weighted by molar-refractivity contribution is 0.0698. The summed E-state index contributed by atoms with van der Waals surface area (Å²) in [6.07, 6.45) is 0.955.